The normalized spacial score (nSPS) is 13.6. The van der Waals surface area contributed by atoms with Gasteiger partial charge in [0.2, 0.25) is 0 Å². The number of hydrogen-bond donors (Lipinski definition) is 2. The number of anilines is 1. The molecule has 6 heteroatoms. The Hall–Kier alpha value is -1.98. The predicted molar refractivity (Wildman–Crippen MR) is 77.3 cm³/mol. The molecule has 112 valence electrons. The first-order valence-electron chi connectivity index (χ1n) is 6.86. The van der Waals surface area contributed by atoms with Crippen molar-refractivity contribution in [3.05, 3.63) is 18.0 Å². The fourth-order valence-corrected chi connectivity index (χ4v) is 1.70. The third kappa shape index (κ3) is 4.01. The highest BCUT2D eigenvalue weighted by Crippen LogP contribution is 2.12. The van der Waals surface area contributed by atoms with Crippen LogP contribution >= 0.6 is 0 Å². The van der Waals surface area contributed by atoms with Crippen molar-refractivity contribution in [3.8, 4) is 0 Å². The monoisotopic (exact) mass is 281 g/mol. The highest BCUT2D eigenvalue weighted by molar-refractivity contribution is 5.92. The topological polar surface area (TPSA) is 86.3 Å². The lowest BCUT2D eigenvalue weighted by molar-refractivity contribution is -0.129. The molecular formula is C14H23N3O3. The molecule has 0 fully saturated rings. The van der Waals surface area contributed by atoms with Crippen molar-refractivity contribution in [2.24, 2.45) is 0 Å². The first kappa shape index (κ1) is 16.1. The lowest BCUT2D eigenvalue weighted by Crippen LogP contribution is -2.40. The Kier molecular flexibility index (Phi) is 5.61. The second-order valence-corrected chi connectivity index (χ2v) is 4.81. The molecule has 6 nitrogen and oxygen atoms in total. The van der Waals surface area contributed by atoms with Crippen LogP contribution in [-0.2, 0) is 16.1 Å². The smallest absolute Gasteiger partial charge is 0.355 e. The van der Waals surface area contributed by atoms with Crippen LogP contribution < -0.4 is 11.1 Å². The van der Waals surface area contributed by atoms with Gasteiger partial charge in [-0.25, -0.2) is 4.79 Å². The lowest BCUT2D eigenvalue weighted by Gasteiger charge is -2.17. The van der Waals surface area contributed by atoms with E-state index < -0.39 is 12.1 Å². The standard InChI is InChI=1S/C14H23N3O3/c1-5-9(3)16-13(18)10(4)20-14(19)12-7-11(15)8-17(12)6-2/h7-10H,5-6,15H2,1-4H3,(H,16,18). The number of nitrogens with zero attached hydrogens (tertiary/aromatic N) is 1. The molecule has 1 amide bonds. The quantitative estimate of drug-likeness (QED) is 0.775. The minimum Gasteiger partial charge on any atom is -0.448 e. The first-order valence-corrected chi connectivity index (χ1v) is 6.86. The average molecular weight is 281 g/mol. The SMILES string of the molecule is CCC(C)NC(=O)C(C)OC(=O)c1cc(N)cn1CC. The van der Waals surface area contributed by atoms with Gasteiger partial charge in [-0.15, -0.1) is 0 Å². The molecule has 0 saturated carbocycles. The highest BCUT2D eigenvalue weighted by atomic mass is 16.5. The molecule has 0 aliphatic rings. The van der Waals surface area contributed by atoms with Crippen LogP contribution in [0, 0.1) is 0 Å². The Labute approximate surface area is 119 Å². The zero-order chi connectivity index (χ0) is 15.3. The number of aryl methyl sites for hydroxylation is 1. The van der Waals surface area contributed by atoms with Gasteiger partial charge in [0.15, 0.2) is 6.10 Å². The van der Waals surface area contributed by atoms with E-state index in [1.54, 1.807) is 23.8 Å². The predicted octanol–water partition coefficient (Wildman–Crippen LogP) is 1.55. The summed E-state index contributed by atoms with van der Waals surface area (Å²) in [5, 5.41) is 2.77. The Morgan fingerprint density at radius 2 is 2.05 bits per heavy atom. The van der Waals surface area contributed by atoms with E-state index in [1.807, 2.05) is 20.8 Å². The third-order valence-electron chi connectivity index (χ3n) is 3.12. The zero-order valence-electron chi connectivity index (χ0n) is 12.5. The molecule has 1 aromatic heterocycles. The van der Waals surface area contributed by atoms with Crippen LogP contribution in [0.15, 0.2) is 12.3 Å². The molecule has 2 unspecified atom stereocenters. The summed E-state index contributed by atoms with van der Waals surface area (Å²) in [5.74, 6) is -0.842. The van der Waals surface area contributed by atoms with Crippen LogP contribution in [0.4, 0.5) is 5.69 Å². The lowest BCUT2D eigenvalue weighted by atomic mass is 10.2. The van der Waals surface area contributed by atoms with Crippen molar-refractivity contribution < 1.29 is 14.3 Å². The first-order chi connectivity index (χ1) is 9.38. The minimum atomic E-state index is -0.835. The number of amides is 1. The van der Waals surface area contributed by atoms with Crippen molar-refractivity contribution >= 4 is 17.6 Å². The van der Waals surface area contributed by atoms with E-state index >= 15 is 0 Å². The largest absolute Gasteiger partial charge is 0.448 e. The van der Waals surface area contributed by atoms with E-state index in [4.69, 9.17) is 10.5 Å². The molecule has 20 heavy (non-hydrogen) atoms. The van der Waals surface area contributed by atoms with E-state index in [0.717, 1.165) is 6.42 Å². The van der Waals surface area contributed by atoms with Crippen molar-refractivity contribution in [3.63, 3.8) is 0 Å². The molecule has 0 radical (unpaired) electrons. The number of carbonyl (C=O) groups excluding carboxylic acids is 2. The maximum Gasteiger partial charge on any atom is 0.355 e. The van der Waals surface area contributed by atoms with Crippen LogP contribution in [-0.4, -0.2) is 28.6 Å². The summed E-state index contributed by atoms with van der Waals surface area (Å²) in [5.41, 5.74) is 6.51. The maximum atomic E-state index is 12.0. The van der Waals surface area contributed by atoms with Gasteiger partial charge in [0.25, 0.3) is 5.91 Å². The highest BCUT2D eigenvalue weighted by Gasteiger charge is 2.22. The molecule has 0 bridgehead atoms. The van der Waals surface area contributed by atoms with Gasteiger partial charge in [0, 0.05) is 18.8 Å². The summed E-state index contributed by atoms with van der Waals surface area (Å²) in [6.07, 6.45) is 1.65. The van der Waals surface area contributed by atoms with Gasteiger partial charge in [-0.1, -0.05) is 6.92 Å². The Morgan fingerprint density at radius 1 is 1.40 bits per heavy atom. The number of ether oxygens (including phenoxy) is 1. The third-order valence-corrected chi connectivity index (χ3v) is 3.12. The van der Waals surface area contributed by atoms with Crippen LogP contribution in [0.2, 0.25) is 0 Å². The summed E-state index contributed by atoms with van der Waals surface area (Å²) >= 11 is 0. The molecule has 1 aromatic rings. The zero-order valence-corrected chi connectivity index (χ0v) is 12.5. The van der Waals surface area contributed by atoms with Gasteiger partial charge in [-0.05, 0) is 33.3 Å². The van der Waals surface area contributed by atoms with E-state index in [-0.39, 0.29) is 11.9 Å². The number of carbonyl (C=O) groups is 2. The maximum absolute atomic E-state index is 12.0. The Bertz CT molecular complexity index is 482. The summed E-state index contributed by atoms with van der Waals surface area (Å²) in [4.78, 5) is 23.8. The van der Waals surface area contributed by atoms with Crippen LogP contribution in [0.25, 0.3) is 0 Å². The summed E-state index contributed by atoms with van der Waals surface area (Å²) < 4.78 is 6.86. The van der Waals surface area contributed by atoms with Crippen LogP contribution in [0.5, 0.6) is 0 Å². The fourth-order valence-electron chi connectivity index (χ4n) is 1.70. The second kappa shape index (κ2) is 6.98. The number of aromatic nitrogens is 1. The number of esters is 1. The molecule has 0 aromatic carbocycles. The molecule has 0 aliphatic heterocycles. The van der Waals surface area contributed by atoms with Crippen molar-refractivity contribution in [2.75, 3.05) is 5.73 Å². The number of nitrogens with one attached hydrogen (secondary N) is 1. The van der Waals surface area contributed by atoms with E-state index in [9.17, 15) is 9.59 Å². The van der Waals surface area contributed by atoms with Gasteiger partial charge in [-0.2, -0.15) is 0 Å². The van der Waals surface area contributed by atoms with Crippen molar-refractivity contribution in [1.29, 1.82) is 0 Å². The van der Waals surface area contributed by atoms with E-state index in [0.29, 0.717) is 17.9 Å². The summed E-state index contributed by atoms with van der Waals surface area (Å²) in [6.45, 7) is 7.93. The van der Waals surface area contributed by atoms with Gasteiger partial charge in [-0.3, -0.25) is 4.79 Å². The molecule has 0 saturated heterocycles. The van der Waals surface area contributed by atoms with Gasteiger partial charge in [0.1, 0.15) is 5.69 Å². The van der Waals surface area contributed by atoms with Crippen molar-refractivity contribution in [2.45, 2.75) is 52.8 Å². The molecular weight excluding hydrogens is 258 g/mol. The van der Waals surface area contributed by atoms with E-state index in [2.05, 4.69) is 5.32 Å². The number of hydrogen-bond acceptors (Lipinski definition) is 4. The molecule has 1 heterocycles. The average Bonchev–Trinajstić information content (AvgIpc) is 2.79. The molecule has 0 spiro atoms. The molecule has 2 atom stereocenters. The number of nitrogens with two attached hydrogens (primary N) is 1. The fraction of sp³-hybridized carbons (Fsp3) is 0.571. The van der Waals surface area contributed by atoms with Gasteiger partial charge < -0.3 is 20.4 Å². The molecule has 3 N–H and O–H groups in total. The Balaban J connectivity index is 2.67. The van der Waals surface area contributed by atoms with Crippen molar-refractivity contribution in [1.82, 2.24) is 9.88 Å². The van der Waals surface area contributed by atoms with Gasteiger partial charge >= 0.3 is 5.97 Å². The molecule has 1 rings (SSSR count). The van der Waals surface area contributed by atoms with Crippen LogP contribution in [0.1, 0.15) is 44.6 Å². The molecule has 0 aliphatic carbocycles. The number of nitrogen functional groups attached to an aromatic ring is 1. The second-order valence-electron chi connectivity index (χ2n) is 4.81. The summed E-state index contributed by atoms with van der Waals surface area (Å²) in [6, 6.07) is 1.60. The van der Waals surface area contributed by atoms with E-state index in [1.165, 1.54) is 0 Å². The van der Waals surface area contributed by atoms with Gasteiger partial charge in [0.05, 0.1) is 5.69 Å². The summed E-state index contributed by atoms with van der Waals surface area (Å²) in [7, 11) is 0. The minimum absolute atomic E-state index is 0.0544. The van der Waals surface area contributed by atoms with Crippen LogP contribution in [0.3, 0.4) is 0 Å². The number of rotatable bonds is 6. The Morgan fingerprint density at radius 3 is 2.60 bits per heavy atom.